The van der Waals surface area contributed by atoms with Gasteiger partial charge in [0.1, 0.15) is 5.60 Å². The van der Waals surface area contributed by atoms with Crippen molar-refractivity contribution in [1.29, 1.82) is 5.26 Å². The predicted molar refractivity (Wildman–Crippen MR) is 115 cm³/mol. The minimum Gasteiger partial charge on any atom is -0.475 e. The number of morpholine rings is 1. The van der Waals surface area contributed by atoms with Crippen LogP contribution in [0.3, 0.4) is 0 Å². The van der Waals surface area contributed by atoms with Crippen LogP contribution in [-0.4, -0.2) is 65.9 Å². The van der Waals surface area contributed by atoms with Gasteiger partial charge in [-0.1, -0.05) is 26.7 Å². The SMILES string of the molecule is CC(C)CN1CCOC2(CCCCC2NC(=O)c2ccc(C#N)cc2)C1.O=C(O)C(F)(F)F. The Morgan fingerprint density at radius 2 is 1.94 bits per heavy atom. The molecule has 1 heterocycles. The molecule has 1 amide bonds. The zero-order chi connectivity index (χ0) is 24.6. The van der Waals surface area contributed by atoms with Gasteiger partial charge in [0, 0.05) is 25.2 Å². The van der Waals surface area contributed by atoms with E-state index in [2.05, 4.69) is 30.1 Å². The van der Waals surface area contributed by atoms with Gasteiger partial charge in [0.25, 0.3) is 5.91 Å². The van der Waals surface area contributed by atoms with E-state index in [1.165, 1.54) is 0 Å². The second-order valence-corrected chi connectivity index (χ2v) is 8.81. The number of carbonyl (C=O) groups excluding carboxylic acids is 1. The summed E-state index contributed by atoms with van der Waals surface area (Å²) in [4.78, 5) is 24.1. The maximum absolute atomic E-state index is 12.7. The Morgan fingerprint density at radius 1 is 1.30 bits per heavy atom. The fourth-order valence-corrected chi connectivity index (χ4v) is 4.27. The third kappa shape index (κ3) is 7.72. The number of hydrogen-bond acceptors (Lipinski definition) is 5. The maximum Gasteiger partial charge on any atom is 0.490 e. The van der Waals surface area contributed by atoms with Crippen molar-refractivity contribution in [3.8, 4) is 6.07 Å². The number of benzene rings is 1. The second kappa shape index (κ2) is 11.5. The number of nitrogens with one attached hydrogen (secondary N) is 1. The van der Waals surface area contributed by atoms with Gasteiger partial charge in [-0.2, -0.15) is 18.4 Å². The zero-order valence-corrected chi connectivity index (χ0v) is 18.8. The zero-order valence-electron chi connectivity index (χ0n) is 18.8. The summed E-state index contributed by atoms with van der Waals surface area (Å²) in [6.45, 7) is 8.15. The Balaban J connectivity index is 0.000000479. The average Bonchev–Trinajstić information content (AvgIpc) is 2.75. The van der Waals surface area contributed by atoms with Crippen LogP contribution in [0.1, 0.15) is 55.5 Å². The Bertz CT molecular complexity index is 848. The molecule has 1 spiro atoms. The number of carbonyl (C=O) groups is 2. The molecule has 2 unspecified atom stereocenters. The van der Waals surface area contributed by atoms with E-state index in [-0.39, 0.29) is 17.6 Å². The van der Waals surface area contributed by atoms with Crippen molar-refractivity contribution in [3.05, 3.63) is 35.4 Å². The van der Waals surface area contributed by atoms with Crippen LogP contribution in [0.4, 0.5) is 13.2 Å². The van der Waals surface area contributed by atoms with Crippen molar-refractivity contribution >= 4 is 11.9 Å². The molecule has 0 radical (unpaired) electrons. The average molecular weight is 470 g/mol. The molecule has 2 fully saturated rings. The number of halogens is 3. The van der Waals surface area contributed by atoms with Gasteiger partial charge in [0.15, 0.2) is 0 Å². The van der Waals surface area contributed by atoms with Gasteiger partial charge in [-0.25, -0.2) is 4.79 Å². The second-order valence-electron chi connectivity index (χ2n) is 8.81. The van der Waals surface area contributed by atoms with E-state index >= 15 is 0 Å². The Labute approximate surface area is 191 Å². The van der Waals surface area contributed by atoms with Crippen LogP contribution in [0.5, 0.6) is 0 Å². The van der Waals surface area contributed by atoms with Gasteiger partial charge in [-0.05, 0) is 43.0 Å². The van der Waals surface area contributed by atoms with E-state index in [0.29, 0.717) is 17.0 Å². The van der Waals surface area contributed by atoms with E-state index < -0.39 is 12.1 Å². The molecule has 2 N–H and O–H groups in total. The van der Waals surface area contributed by atoms with Crippen LogP contribution < -0.4 is 5.32 Å². The molecule has 1 aliphatic heterocycles. The van der Waals surface area contributed by atoms with Gasteiger partial charge < -0.3 is 15.2 Å². The molecule has 2 atom stereocenters. The van der Waals surface area contributed by atoms with Crippen molar-refractivity contribution in [2.75, 3.05) is 26.2 Å². The number of carboxylic acid groups (broad SMARTS) is 1. The van der Waals surface area contributed by atoms with E-state index in [9.17, 15) is 18.0 Å². The lowest BCUT2D eigenvalue weighted by Gasteiger charge is -2.50. The Kier molecular flexibility index (Phi) is 9.25. The fraction of sp³-hybridized carbons (Fsp3) is 0.609. The topological polar surface area (TPSA) is 103 Å². The summed E-state index contributed by atoms with van der Waals surface area (Å²) < 4.78 is 38.0. The molecule has 1 aromatic carbocycles. The highest BCUT2D eigenvalue weighted by atomic mass is 19.4. The molecular weight excluding hydrogens is 439 g/mol. The van der Waals surface area contributed by atoms with Crippen LogP contribution in [0.15, 0.2) is 24.3 Å². The molecule has 182 valence electrons. The number of rotatable bonds is 4. The number of hydrogen-bond donors (Lipinski definition) is 2. The molecule has 2 aliphatic rings. The van der Waals surface area contributed by atoms with Crippen LogP contribution in [0, 0.1) is 17.2 Å². The van der Waals surface area contributed by atoms with E-state index in [0.717, 1.165) is 51.9 Å². The van der Waals surface area contributed by atoms with Gasteiger partial charge in [0.05, 0.1) is 24.3 Å². The molecule has 7 nitrogen and oxygen atoms in total. The van der Waals surface area contributed by atoms with Crippen molar-refractivity contribution in [2.24, 2.45) is 5.92 Å². The summed E-state index contributed by atoms with van der Waals surface area (Å²) in [6, 6.07) is 8.93. The summed E-state index contributed by atoms with van der Waals surface area (Å²) in [5.41, 5.74) is 0.892. The Hall–Kier alpha value is -2.64. The summed E-state index contributed by atoms with van der Waals surface area (Å²) in [6.07, 6.45) is -0.857. The number of amides is 1. The minimum atomic E-state index is -5.08. The highest BCUT2D eigenvalue weighted by Crippen LogP contribution is 2.35. The molecule has 3 rings (SSSR count). The highest BCUT2D eigenvalue weighted by molar-refractivity contribution is 5.94. The third-order valence-electron chi connectivity index (χ3n) is 5.71. The van der Waals surface area contributed by atoms with E-state index in [1.54, 1.807) is 24.3 Å². The smallest absolute Gasteiger partial charge is 0.475 e. The van der Waals surface area contributed by atoms with Crippen molar-refractivity contribution in [2.45, 2.75) is 57.3 Å². The number of aliphatic carboxylic acids is 1. The van der Waals surface area contributed by atoms with Crippen LogP contribution in [0.2, 0.25) is 0 Å². The molecule has 1 aliphatic carbocycles. The molecule has 0 bridgehead atoms. The van der Waals surface area contributed by atoms with E-state index in [1.807, 2.05) is 0 Å². The number of ether oxygens (including phenoxy) is 1. The first kappa shape index (κ1) is 26.6. The molecular formula is C23H30F3N3O4. The summed E-state index contributed by atoms with van der Waals surface area (Å²) in [7, 11) is 0. The lowest BCUT2D eigenvalue weighted by Crippen LogP contribution is -2.64. The number of nitriles is 1. The number of carboxylic acids is 1. The maximum atomic E-state index is 12.7. The monoisotopic (exact) mass is 469 g/mol. The summed E-state index contributed by atoms with van der Waals surface area (Å²) in [5.74, 6) is -2.21. The quantitative estimate of drug-likeness (QED) is 0.699. The number of alkyl halides is 3. The fourth-order valence-electron chi connectivity index (χ4n) is 4.27. The number of nitrogens with zero attached hydrogens (tertiary/aromatic N) is 2. The molecule has 0 aromatic heterocycles. The normalized spacial score (nSPS) is 23.4. The van der Waals surface area contributed by atoms with Gasteiger partial charge in [-0.15, -0.1) is 0 Å². The minimum absolute atomic E-state index is 0.0364. The molecule has 1 saturated heterocycles. The first-order chi connectivity index (χ1) is 15.5. The molecule has 1 saturated carbocycles. The molecule has 10 heteroatoms. The highest BCUT2D eigenvalue weighted by Gasteiger charge is 2.45. The molecule has 33 heavy (non-hydrogen) atoms. The molecule has 1 aromatic rings. The predicted octanol–water partition coefficient (Wildman–Crippen LogP) is 3.59. The lowest BCUT2D eigenvalue weighted by atomic mass is 9.78. The Morgan fingerprint density at radius 3 is 2.48 bits per heavy atom. The first-order valence-electron chi connectivity index (χ1n) is 10.9. The van der Waals surface area contributed by atoms with Crippen molar-refractivity contribution in [3.63, 3.8) is 0 Å². The van der Waals surface area contributed by atoms with Crippen LogP contribution in [-0.2, 0) is 9.53 Å². The standard InChI is InChI=1S/C21H29N3O2.C2HF3O2/c1-16(2)14-24-11-12-26-21(15-24)10-4-3-5-19(21)23-20(25)18-8-6-17(13-22)7-9-18;3-2(4,5)1(6)7/h6-9,16,19H,3-5,10-12,14-15H2,1-2H3,(H,23,25);(H,6,7). The van der Waals surface area contributed by atoms with Gasteiger partial charge in [0.2, 0.25) is 0 Å². The van der Waals surface area contributed by atoms with Crippen molar-refractivity contribution < 1.29 is 32.6 Å². The third-order valence-corrected chi connectivity index (χ3v) is 5.71. The van der Waals surface area contributed by atoms with Gasteiger partial charge in [-0.3, -0.25) is 9.69 Å². The van der Waals surface area contributed by atoms with Gasteiger partial charge >= 0.3 is 12.1 Å². The first-order valence-corrected chi connectivity index (χ1v) is 10.9. The van der Waals surface area contributed by atoms with Crippen LogP contribution in [0.25, 0.3) is 0 Å². The lowest BCUT2D eigenvalue weighted by molar-refractivity contribution is -0.192. The summed E-state index contributed by atoms with van der Waals surface area (Å²) >= 11 is 0. The van der Waals surface area contributed by atoms with Crippen LogP contribution >= 0.6 is 0 Å². The largest absolute Gasteiger partial charge is 0.490 e. The summed E-state index contributed by atoms with van der Waals surface area (Å²) in [5, 5.41) is 19.3. The van der Waals surface area contributed by atoms with Crippen molar-refractivity contribution in [1.82, 2.24) is 10.2 Å². The van der Waals surface area contributed by atoms with E-state index in [4.69, 9.17) is 19.9 Å².